The number of sulfonamides is 1. The Labute approximate surface area is 129 Å². The summed E-state index contributed by atoms with van der Waals surface area (Å²) in [7, 11) is -4.01. The summed E-state index contributed by atoms with van der Waals surface area (Å²) < 4.78 is 37.9. The van der Waals surface area contributed by atoms with E-state index in [0.29, 0.717) is 18.8 Å². The van der Waals surface area contributed by atoms with Gasteiger partial charge in [0.15, 0.2) is 11.5 Å². The quantitative estimate of drug-likeness (QED) is 0.783. The zero-order chi connectivity index (χ0) is 16.2. The minimum absolute atomic E-state index is 0.104. The van der Waals surface area contributed by atoms with Crippen LogP contribution in [0.3, 0.4) is 0 Å². The maximum absolute atomic E-state index is 12.5. The van der Waals surface area contributed by atoms with Gasteiger partial charge in [0.1, 0.15) is 24.2 Å². The van der Waals surface area contributed by atoms with Gasteiger partial charge < -0.3 is 14.6 Å². The van der Waals surface area contributed by atoms with Crippen molar-refractivity contribution >= 4 is 16.0 Å². The van der Waals surface area contributed by atoms with E-state index in [4.69, 9.17) is 14.6 Å². The molecule has 0 amide bonds. The number of hydrogen-bond donors (Lipinski definition) is 2. The lowest BCUT2D eigenvalue weighted by Gasteiger charge is -2.22. The van der Waals surface area contributed by atoms with Gasteiger partial charge in [-0.15, -0.1) is 0 Å². The van der Waals surface area contributed by atoms with E-state index in [-0.39, 0.29) is 23.7 Å². The second-order valence-corrected chi connectivity index (χ2v) is 6.62. The average Bonchev–Trinajstić information content (AvgIpc) is 2.50. The number of carboxylic acids is 1. The van der Waals surface area contributed by atoms with Crippen molar-refractivity contribution in [1.82, 2.24) is 4.72 Å². The number of aliphatic carboxylic acids is 1. The van der Waals surface area contributed by atoms with E-state index in [0.717, 1.165) is 6.42 Å². The Morgan fingerprint density at radius 2 is 2.09 bits per heavy atom. The second-order valence-electron chi connectivity index (χ2n) is 4.93. The molecule has 122 valence electrons. The number of ether oxygens (including phenoxy) is 2. The van der Waals surface area contributed by atoms with Crippen molar-refractivity contribution in [2.24, 2.45) is 0 Å². The minimum atomic E-state index is -4.01. The van der Waals surface area contributed by atoms with Gasteiger partial charge in [-0.3, -0.25) is 4.79 Å². The molecule has 0 saturated carbocycles. The molecule has 0 spiro atoms. The lowest BCUT2D eigenvalue weighted by molar-refractivity contribution is -0.139. The van der Waals surface area contributed by atoms with E-state index >= 15 is 0 Å². The summed E-state index contributed by atoms with van der Waals surface area (Å²) in [4.78, 5) is 11.1. The number of carboxylic acid groups (broad SMARTS) is 1. The maximum Gasteiger partial charge on any atom is 0.321 e. The highest BCUT2D eigenvalue weighted by Crippen LogP contribution is 2.36. The molecule has 0 fully saturated rings. The molecule has 1 unspecified atom stereocenters. The Balaban J connectivity index is 2.28. The Morgan fingerprint density at radius 1 is 1.36 bits per heavy atom. The van der Waals surface area contributed by atoms with Gasteiger partial charge in [-0.1, -0.05) is 25.8 Å². The predicted octanol–water partition coefficient (Wildman–Crippen LogP) is 1.38. The summed E-state index contributed by atoms with van der Waals surface area (Å²) in [6.07, 6.45) is 1.63. The normalized spacial score (nSPS) is 15.3. The van der Waals surface area contributed by atoms with Crippen molar-refractivity contribution in [3.05, 3.63) is 18.2 Å². The Kier molecular flexibility index (Phi) is 5.25. The van der Waals surface area contributed by atoms with Crippen LogP contribution in [0.25, 0.3) is 0 Å². The highest BCUT2D eigenvalue weighted by atomic mass is 32.2. The molecule has 1 atom stereocenters. The van der Waals surface area contributed by atoms with Crippen LogP contribution in [0.4, 0.5) is 0 Å². The van der Waals surface area contributed by atoms with Gasteiger partial charge in [0.2, 0.25) is 10.0 Å². The zero-order valence-corrected chi connectivity index (χ0v) is 13.1. The average molecular weight is 329 g/mol. The molecule has 1 heterocycles. The molecule has 7 nitrogen and oxygen atoms in total. The maximum atomic E-state index is 12.5. The molecule has 0 bridgehead atoms. The molecule has 22 heavy (non-hydrogen) atoms. The molecule has 8 heteroatoms. The summed E-state index contributed by atoms with van der Waals surface area (Å²) >= 11 is 0. The van der Waals surface area contributed by atoms with Crippen molar-refractivity contribution in [3.8, 4) is 11.5 Å². The van der Waals surface area contributed by atoms with E-state index in [2.05, 4.69) is 4.72 Å². The smallest absolute Gasteiger partial charge is 0.321 e. The van der Waals surface area contributed by atoms with Gasteiger partial charge in [0.05, 0.1) is 0 Å². The van der Waals surface area contributed by atoms with Crippen LogP contribution in [0, 0.1) is 0 Å². The van der Waals surface area contributed by atoms with Crippen molar-refractivity contribution < 1.29 is 27.8 Å². The highest BCUT2D eigenvalue weighted by Gasteiger charge is 2.29. The molecule has 0 saturated heterocycles. The fraction of sp³-hybridized carbons (Fsp3) is 0.500. The first-order chi connectivity index (χ1) is 10.5. The molecular weight excluding hydrogens is 310 g/mol. The zero-order valence-electron chi connectivity index (χ0n) is 12.2. The molecule has 1 aromatic rings. The first-order valence-corrected chi connectivity index (χ1v) is 8.57. The van der Waals surface area contributed by atoms with Crippen LogP contribution in [0.5, 0.6) is 11.5 Å². The first kappa shape index (κ1) is 16.6. The fourth-order valence-corrected chi connectivity index (χ4v) is 3.53. The third-order valence-corrected chi connectivity index (χ3v) is 4.76. The number of nitrogens with one attached hydrogen (secondary N) is 1. The molecule has 0 aliphatic carbocycles. The summed E-state index contributed by atoms with van der Waals surface area (Å²) in [6, 6.07) is 3.35. The van der Waals surface area contributed by atoms with Crippen molar-refractivity contribution in [2.45, 2.75) is 37.1 Å². The van der Waals surface area contributed by atoms with Gasteiger partial charge in [0.25, 0.3) is 0 Å². The number of rotatable bonds is 7. The van der Waals surface area contributed by atoms with Crippen LogP contribution >= 0.6 is 0 Å². The van der Waals surface area contributed by atoms with E-state index in [1.165, 1.54) is 12.1 Å². The number of hydrogen-bond acceptors (Lipinski definition) is 5. The monoisotopic (exact) mass is 329 g/mol. The third-order valence-electron chi connectivity index (χ3n) is 3.26. The molecule has 2 N–H and O–H groups in total. The lowest BCUT2D eigenvalue weighted by atomic mass is 10.1. The van der Waals surface area contributed by atoms with Crippen molar-refractivity contribution in [3.63, 3.8) is 0 Å². The van der Waals surface area contributed by atoms with Crippen molar-refractivity contribution in [1.29, 1.82) is 0 Å². The molecule has 0 radical (unpaired) electrons. The lowest BCUT2D eigenvalue weighted by Crippen LogP contribution is -2.40. The van der Waals surface area contributed by atoms with E-state index < -0.39 is 22.0 Å². The topological polar surface area (TPSA) is 102 Å². The summed E-state index contributed by atoms with van der Waals surface area (Å²) in [5, 5.41) is 9.17. The number of para-hydroxylation sites is 1. The molecule has 1 aromatic carbocycles. The standard InChI is InChI=1S/C14H19NO6S/c1-2-3-5-10(14(16)17)15-22(18,19)12-7-4-6-11-13(12)21-9-8-20-11/h4,6-7,10,15H,2-3,5,8-9H2,1H3,(H,16,17). The van der Waals surface area contributed by atoms with Gasteiger partial charge in [-0.25, -0.2) is 8.42 Å². The molecular formula is C14H19NO6S. The Morgan fingerprint density at radius 3 is 2.77 bits per heavy atom. The second kappa shape index (κ2) is 6.97. The van der Waals surface area contributed by atoms with Crippen LogP contribution in [0.15, 0.2) is 23.1 Å². The summed E-state index contributed by atoms with van der Waals surface area (Å²) in [6.45, 7) is 2.50. The molecule has 1 aliphatic rings. The van der Waals surface area contributed by atoms with E-state index in [9.17, 15) is 13.2 Å². The van der Waals surface area contributed by atoms with Crippen LogP contribution < -0.4 is 14.2 Å². The fourth-order valence-electron chi connectivity index (χ4n) is 2.15. The minimum Gasteiger partial charge on any atom is -0.486 e. The van der Waals surface area contributed by atoms with Crippen LogP contribution in [-0.2, 0) is 14.8 Å². The molecule has 1 aliphatic heterocycles. The first-order valence-electron chi connectivity index (χ1n) is 7.09. The van der Waals surface area contributed by atoms with Gasteiger partial charge >= 0.3 is 5.97 Å². The van der Waals surface area contributed by atoms with Crippen LogP contribution in [0.1, 0.15) is 26.2 Å². The molecule has 2 rings (SSSR count). The van der Waals surface area contributed by atoms with Gasteiger partial charge in [-0.05, 0) is 18.6 Å². The SMILES string of the molecule is CCCCC(NS(=O)(=O)c1cccc2c1OCCO2)C(=O)O. The number of fused-ring (bicyclic) bond motifs is 1. The predicted molar refractivity (Wildman–Crippen MR) is 78.7 cm³/mol. The third kappa shape index (κ3) is 3.69. The largest absolute Gasteiger partial charge is 0.486 e. The summed E-state index contributed by atoms with van der Waals surface area (Å²) in [5.74, 6) is -0.727. The van der Waals surface area contributed by atoms with Gasteiger partial charge in [-0.2, -0.15) is 4.72 Å². The van der Waals surface area contributed by atoms with Crippen molar-refractivity contribution in [2.75, 3.05) is 13.2 Å². The number of unbranched alkanes of at least 4 members (excludes halogenated alkanes) is 1. The summed E-state index contributed by atoms with van der Waals surface area (Å²) in [5.41, 5.74) is 0. The number of benzene rings is 1. The van der Waals surface area contributed by atoms with Gasteiger partial charge in [0, 0.05) is 0 Å². The van der Waals surface area contributed by atoms with E-state index in [1.54, 1.807) is 6.07 Å². The van der Waals surface area contributed by atoms with Crippen LogP contribution in [0.2, 0.25) is 0 Å². The Bertz CT molecular complexity index is 643. The van der Waals surface area contributed by atoms with E-state index in [1.807, 2.05) is 6.92 Å². The van der Waals surface area contributed by atoms with Crippen LogP contribution in [-0.4, -0.2) is 38.7 Å². The molecule has 0 aromatic heterocycles. The highest BCUT2D eigenvalue weighted by molar-refractivity contribution is 7.89. The Hall–Kier alpha value is -1.80. The number of carbonyl (C=O) groups is 1.